The van der Waals surface area contributed by atoms with Gasteiger partial charge in [0.1, 0.15) is 0 Å². The van der Waals surface area contributed by atoms with Crippen molar-refractivity contribution in [2.24, 2.45) is 11.3 Å². The largest absolute Gasteiger partial charge is 0.392 e. The molecular weight excluding hydrogens is 136 g/mol. The highest BCUT2D eigenvalue weighted by Gasteiger charge is 2.52. The van der Waals surface area contributed by atoms with Gasteiger partial charge in [-0.1, -0.05) is 12.0 Å². The highest BCUT2D eigenvalue weighted by atomic mass is 16.3. The van der Waals surface area contributed by atoms with Gasteiger partial charge < -0.3 is 5.11 Å². The Labute approximate surface area is 67.1 Å². The van der Waals surface area contributed by atoms with Gasteiger partial charge in [0.05, 0.1) is 6.61 Å². The van der Waals surface area contributed by atoms with Crippen LogP contribution in [0.1, 0.15) is 19.3 Å². The first-order chi connectivity index (χ1) is 5.30. The van der Waals surface area contributed by atoms with E-state index in [4.69, 9.17) is 11.5 Å². The smallest absolute Gasteiger partial charge is 0.0641 e. The Morgan fingerprint density at radius 1 is 1.82 bits per heavy atom. The number of terminal acetylenes is 1. The Morgan fingerprint density at radius 3 is 3.18 bits per heavy atom. The van der Waals surface area contributed by atoms with E-state index in [1.54, 1.807) is 0 Å². The van der Waals surface area contributed by atoms with Crippen molar-refractivity contribution in [3.63, 3.8) is 0 Å². The maximum absolute atomic E-state index is 8.86. The van der Waals surface area contributed by atoms with Gasteiger partial charge in [0, 0.05) is 5.41 Å². The SMILES string of the molecule is C#CC12CCC(CO)=CC1C2. The van der Waals surface area contributed by atoms with Crippen LogP contribution in [0.3, 0.4) is 0 Å². The molecule has 2 aliphatic rings. The summed E-state index contributed by atoms with van der Waals surface area (Å²) >= 11 is 0. The molecule has 2 atom stereocenters. The standard InChI is InChI=1S/C10H12O/c1-2-10-4-3-8(7-11)5-9(10)6-10/h1,5,9,11H,3-4,6-7H2. The summed E-state index contributed by atoms with van der Waals surface area (Å²) in [6, 6.07) is 0. The third-order valence-electron chi connectivity index (χ3n) is 2.95. The fourth-order valence-corrected chi connectivity index (χ4v) is 1.96. The summed E-state index contributed by atoms with van der Waals surface area (Å²) in [6.07, 6.45) is 10.8. The van der Waals surface area contributed by atoms with Gasteiger partial charge in [-0.25, -0.2) is 0 Å². The predicted octanol–water partition coefficient (Wildman–Crippen LogP) is 1.34. The molecule has 0 radical (unpaired) electrons. The van der Waals surface area contributed by atoms with Crippen molar-refractivity contribution in [1.82, 2.24) is 0 Å². The molecule has 0 aliphatic heterocycles. The van der Waals surface area contributed by atoms with Gasteiger partial charge in [-0.2, -0.15) is 0 Å². The van der Waals surface area contributed by atoms with E-state index >= 15 is 0 Å². The number of hydrogen-bond donors (Lipinski definition) is 1. The van der Waals surface area contributed by atoms with Crippen molar-refractivity contribution in [2.75, 3.05) is 6.61 Å². The normalized spacial score (nSPS) is 40.4. The van der Waals surface area contributed by atoms with Crippen LogP contribution in [-0.2, 0) is 0 Å². The van der Waals surface area contributed by atoms with Gasteiger partial charge in [0.25, 0.3) is 0 Å². The highest BCUT2D eigenvalue weighted by molar-refractivity contribution is 5.31. The molecule has 0 saturated heterocycles. The van der Waals surface area contributed by atoms with E-state index in [9.17, 15) is 0 Å². The Balaban J connectivity index is 2.15. The van der Waals surface area contributed by atoms with Crippen molar-refractivity contribution in [3.8, 4) is 12.3 Å². The molecule has 1 fully saturated rings. The van der Waals surface area contributed by atoms with Crippen LogP contribution in [0.2, 0.25) is 0 Å². The Morgan fingerprint density at radius 2 is 2.64 bits per heavy atom. The lowest BCUT2D eigenvalue weighted by Gasteiger charge is -2.15. The van der Waals surface area contributed by atoms with E-state index in [1.165, 1.54) is 5.57 Å². The summed E-state index contributed by atoms with van der Waals surface area (Å²) in [5.74, 6) is 3.46. The Hall–Kier alpha value is -0.740. The monoisotopic (exact) mass is 148 g/mol. The van der Waals surface area contributed by atoms with Gasteiger partial charge in [-0.3, -0.25) is 0 Å². The molecule has 0 aromatic carbocycles. The highest BCUT2D eigenvalue weighted by Crippen LogP contribution is 2.59. The van der Waals surface area contributed by atoms with Crippen molar-refractivity contribution in [3.05, 3.63) is 11.6 Å². The number of fused-ring (bicyclic) bond motifs is 1. The van der Waals surface area contributed by atoms with E-state index in [0.29, 0.717) is 5.92 Å². The van der Waals surface area contributed by atoms with E-state index in [-0.39, 0.29) is 12.0 Å². The number of aliphatic hydroxyl groups is 1. The molecule has 2 aliphatic carbocycles. The average molecular weight is 148 g/mol. The van der Waals surface area contributed by atoms with Crippen LogP contribution in [0.15, 0.2) is 11.6 Å². The number of rotatable bonds is 1. The first kappa shape index (κ1) is 6.94. The summed E-state index contributed by atoms with van der Waals surface area (Å²) in [6.45, 7) is 0.219. The van der Waals surface area contributed by atoms with Gasteiger partial charge in [0.2, 0.25) is 0 Å². The molecule has 0 aromatic rings. The van der Waals surface area contributed by atoms with Crippen LogP contribution in [0.4, 0.5) is 0 Å². The second kappa shape index (κ2) is 2.12. The zero-order valence-corrected chi connectivity index (χ0v) is 6.51. The minimum absolute atomic E-state index is 0.207. The summed E-state index contributed by atoms with van der Waals surface area (Å²) in [7, 11) is 0. The third kappa shape index (κ3) is 0.902. The summed E-state index contributed by atoms with van der Waals surface area (Å²) in [5, 5.41) is 8.86. The fraction of sp³-hybridized carbons (Fsp3) is 0.600. The fourth-order valence-electron chi connectivity index (χ4n) is 1.96. The van der Waals surface area contributed by atoms with E-state index in [2.05, 4.69) is 12.0 Å². The molecule has 1 nitrogen and oxygen atoms in total. The minimum atomic E-state index is 0.207. The zero-order valence-electron chi connectivity index (χ0n) is 6.51. The molecular formula is C10H12O. The Bertz CT molecular complexity index is 246. The van der Waals surface area contributed by atoms with Gasteiger partial charge in [-0.15, -0.1) is 6.42 Å². The molecule has 1 saturated carbocycles. The summed E-state index contributed by atoms with van der Waals surface area (Å²) < 4.78 is 0. The molecule has 0 spiro atoms. The molecule has 0 bridgehead atoms. The molecule has 0 aromatic heterocycles. The maximum atomic E-state index is 8.86. The molecule has 0 heterocycles. The zero-order chi connectivity index (χ0) is 7.90. The average Bonchev–Trinajstić information content (AvgIpc) is 2.77. The van der Waals surface area contributed by atoms with Crippen LogP contribution < -0.4 is 0 Å². The van der Waals surface area contributed by atoms with Crippen LogP contribution >= 0.6 is 0 Å². The molecule has 0 amide bonds. The topological polar surface area (TPSA) is 20.2 Å². The first-order valence-corrected chi connectivity index (χ1v) is 4.09. The lowest BCUT2D eigenvalue weighted by Crippen LogP contribution is -2.07. The third-order valence-corrected chi connectivity index (χ3v) is 2.95. The van der Waals surface area contributed by atoms with Crippen molar-refractivity contribution in [2.45, 2.75) is 19.3 Å². The van der Waals surface area contributed by atoms with E-state index in [1.807, 2.05) is 0 Å². The van der Waals surface area contributed by atoms with Gasteiger partial charge >= 0.3 is 0 Å². The minimum Gasteiger partial charge on any atom is -0.392 e. The second-order valence-electron chi connectivity index (χ2n) is 3.59. The first-order valence-electron chi connectivity index (χ1n) is 4.09. The maximum Gasteiger partial charge on any atom is 0.0641 e. The number of aliphatic hydroxyl groups excluding tert-OH is 1. The molecule has 58 valence electrons. The lowest BCUT2D eigenvalue weighted by molar-refractivity contribution is 0.319. The summed E-state index contributed by atoms with van der Waals surface area (Å²) in [4.78, 5) is 0. The number of hydrogen-bond acceptors (Lipinski definition) is 1. The predicted molar refractivity (Wildman–Crippen MR) is 43.8 cm³/mol. The van der Waals surface area contributed by atoms with E-state index < -0.39 is 0 Å². The van der Waals surface area contributed by atoms with Crippen LogP contribution in [-0.4, -0.2) is 11.7 Å². The van der Waals surface area contributed by atoms with E-state index in [0.717, 1.165) is 19.3 Å². The van der Waals surface area contributed by atoms with Crippen molar-refractivity contribution in [1.29, 1.82) is 0 Å². The van der Waals surface area contributed by atoms with Crippen LogP contribution in [0.5, 0.6) is 0 Å². The van der Waals surface area contributed by atoms with Crippen LogP contribution in [0, 0.1) is 23.7 Å². The Kier molecular flexibility index (Phi) is 1.34. The summed E-state index contributed by atoms with van der Waals surface area (Å²) in [5.41, 5.74) is 1.39. The molecule has 1 N–H and O–H groups in total. The molecule has 2 unspecified atom stereocenters. The quantitative estimate of drug-likeness (QED) is 0.439. The molecule has 1 heteroatoms. The number of allylic oxidation sites excluding steroid dienone is 1. The second-order valence-corrected chi connectivity index (χ2v) is 3.59. The molecule has 11 heavy (non-hydrogen) atoms. The van der Waals surface area contributed by atoms with Crippen molar-refractivity contribution < 1.29 is 5.11 Å². The van der Waals surface area contributed by atoms with Crippen LogP contribution in [0.25, 0.3) is 0 Å². The van der Waals surface area contributed by atoms with Gasteiger partial charge in [0.15, 0.2) is 0 Å². The molecule has 2 rings (SSSR count). The lowest BCUT2D eigenvalue weighted by atomic mass is 9.90. The van der Waals surface area contributed by atoms with Crippen molar-refractivity contribution >= 4 is 0 Å². The van der Waals surface area contributed by atoms with Gasteiger partial charge in [-0.05, 0) is 30.8 Å².